The zero-order chi connectivity index (χ0) is 32.6. The molecule has 0 unspecified atom stereocenters. The van der Waals surface area contributed by atoms with Gasteiger partial charge in [0.2, 0.25) is 11.8 Å². The van der Waals surface area contributed by atoms with Crippen LogP contribution >= 0.6 is 39.1 Å². The van der Waals surface area contributed by atoms with Gasteiger partial charge in [-0.1, -0.05) is 75.5 Å². The molecule has 0 aliphatic carbocycles. The highest BCUT2D eigenvalue weighted by Gasteiger charge is 2.35. The van der Waals surface area contributed by atoms with Gasteiger partial charge in [-0.25, -0.2) is 8.42 Å². The van der Waals surface area contributed by atoms with E-state index in [9.17, 15) is 18.0 Å². The molecular formula is C33H32BrCl2N3O5S. The normalized spacial score (nSPS) is 11.8. The average Bonchev–Trinajstić information content (AvgIpc) is 3.03. The molecule has 236 valence electrons. The monoisotopic (exact) mass is 731 g/mol. The van der Waals surface area contributed by atoms with Gasteiger partial charge in [-0.15, -0.1) is 0 Å². The van der Waals surface area contributed by atoms with Gasteiger partial charge in [0.15, 0.2) is 0 Å². The number of carbonyl (C=O) groups is 2. The number of nitrogens with one attached hydrogen (secondary N) is 1. The van der Waals surface area contributed by atoms with E-state index >= 15 is 0 Å². The van der Waals surface area contributed by atoms with Crippen LogP contribution in [0.5, 0.6) is 5.75 Å². The summed E-state index contributed by atoms with van der Waals surface area (Å²) in [6, 6.07) is 25.7. The molecule has 1 atom stereocenters. The number of rotatable bonds is 13. The van der Waals surface area contributed by atoms with Crippen LogP contribution in [0.25, 0.3) is 0 Å². The molecule has 1 N–H and O–H groups in total. The van der Waals surface area contributed by atoms with Gasteiger partial charge in [-0.2, -0.15) is 0 Å². The Morgan fingerprint density at radius 3 is 2.09 bits per heavy atom. The van der Waals surface area contributed by atoms with Crippen LogP contribution in [0.2, 0.25) is 10.0 Å². The predicted octanol–water partition coefficient (Wildman–Crippen LogP) is 6.74. The third-order valence-corrected chi connectivity index (χ3v) is 10.0. The molecule has 0 radical (unpaired) electrons. The Morgan fingerprint density at radius 2 is 1.51 bits per heavy atom. The fourth-order valence-corrected chi connectivity index (χ4v) is 6.91. The van der Waals surface area contributed by atoms with Crippen molar-refractivity contribution < 1.29 is 22.7 Å². The summed E-state index contributed by atoms with van der Waals surface area (Å²) < 4.78 is 35.5. The van der Waals surface area contributed by atoms with E-state index in [1.165, 1.54) is 24.1 Å². The smallest absolute Gasteiger partial charge is 0.264 e. The lowest BCUT2D eigenvalue weighted by Gasteiger charge is -2.34. The summed E-state index contributed by atoms with van der Waals surface area (Å²) in [5, 5.41) is 3.27. The number of halogens is 3. The number of amides is 2. The van der Waals surface area contributed by atoms with E-state index in [4.69, 9.17) is 27.9 Å². The highest BCUT2D eigenvalue weighted by molar-refractivity contribution is 9.10. The van der Waals surface area contributed by atoms with Crippen molar-refractivity contribution in [2.24, 2.45) is 0 Å². The van der Waals surface area contributed by atoms with Gasteiger partial charge in [0.25, 0.3) is 10.0 Å². The van der Waals surface area contributed by atoms with Crippen LogP contribution in [-0.4, -0.2) is 51.4 Å². The van der Waals surface area contributed by atoms with E-state index in [1.54, 1.807) is 54.6 Å². The average molecular weight is 734 g/mol. The van der Waals surface area contributed by atoms with Crippen molar-refractivity contribution in [2.45, 2.75) is 30.8 Å². The lowest BCUT2D eigenvalue weighted by atomic mass is 10.0. The topological polar surface area (TPSA) is 96.0 Å². The van der Waals surface area contributed by atoms with Crippen LogP contribution in [0.4, 0.5) is 5.69 Å². The lowest BCUT2D eigenvalue weighted by molar-refractivity contribution is -0.139. The van der Waals surface area contributed by atoms with Gasteiger partial charge in [0, 0.05) is 40.1 Å². The van der Waals surface area contributed by atoms with E-state index in [1.807, 2.05) is 37.3 Å². The van der Waals surface area contributed by atoms with Gasteiger partial charge in [-0.05, 0) is 73.2 Å². The van der Waals surface area contributed by atoms with Gasteiger partial charge >= 0.3 is 0 Å². The molecule has 0 aliphatic rings. The number of anilines is 1. The maximum Gasteiger partial charge on any atom is 0.264 e. The first-order valence-electron chi connectivity index (χ1n) is 14.0. The maximum absolute atomic E-state index is 14.4. The zero-order valence-corrected chi connectivity index (χ0v) is 28.5. The van der Waals surface area contributed by atoms with Crippen molar-refractivity contribution in [1.29, 1.82) is 0 Å². The number of sulfonamides is 1. The van der Waals surface area contributed by atoms with Crippen LogP contribution in [0.15, 0.2) is 106 Å². The Morgan fingerprint density at radius 1 is 0.889 bits per heavy atom. The Labute approximate surface area is 282 Å². The van der Waals surface area contributed by atoms with Gasteiger partial charge in [0.1, 0.15) is 18.3 Å². The lowest BCUT2D eigenvalue weighted by Crippen LogP contribution is -2.53. The van der Waals surface area contributed by atoms with Crippen LogP contribution < -0.4 is 14.4 Å². The molecule has 12 heteroatoms. The second kappa shape index (κ2) is 15.6. The van der Waals surface area contributed by atoms with E-state index < -0.39 is 34.4 Å². The summed E-state index contributed by atoms with van der Waals surface area (Å²) in [6.07, 6.45) is 0.164. The molecule has 2 amide bonds. The molecule has 0 aromatic heterocycles. The molecule has 0 saturated heterocycles. The first-order chi connectivity index (χ1) is 21.5. The maximum atomic E-state index is 14.4. The van der Waals surface area contributed by atoms with Crippen molar-refractivity contribution in [2.75, 3.05) is 24.5 Å². The van der Waals surface area contributed by atoms with Crippen LogP contribution in [0, 0.1) is 0 Å². The fraction of sp³-hybridized carbons (Fsp3) is 0.212. The second-order valence-electron chi connectivity index (χ2n) is 9.93. The number of carbonyl (C=O) groups excluding carboxylic acids is 2. The number of ether oxygens (including phenoxy) is 1. The van der Waals surface area contributed by atoms with Crippen molar-refractivity contribution in [3.05, 3.63) is 123 Å². The van der Waals surface area contributed by atoms with E-state index in [2.05, 4.69) is 21.2 Å². The minimum absolute atomic E-state index is 0.0137. The largest absolute Gasteiger partial charge is 0.494 e. The molecule has 4 rings (SSSR count). The van der Waals surface area contributed by atoms with E-state index in [-0.39, 0.29) is 23.5 Å². The predicted molar refractivity (Wildman–Crippen MR) is 181 cm³/mol. The number of likely N-dealkylation sites (N-methyl/N-ethyl adjacent to an activating group) is 1. The number of hydrogen-bond acceptors (Lipinski definition) is 5. The SMILES string of the molecule is CCOc1ccc(N(CC(=O)N(Cc2c(Cl)cccc2Cl)[C@H](Cc2ccccc2)C(=O)NC)S(=O)(=O)c2ccc(Br)cc2)cc1. The molecule has 0 bridgehead atoms. The van der Waals surface area contributed by atoms with E-state index in [0.29, 0.717) is 32.4 Å². The van der Waals surface area contributed by atoms with Gasteiger partial charge in [-0.3, -0.25) is 13.9 Å². The second-order valence-corrected chi connectivity index (χ2v) is 13.5. The summed E-state index contributed by atoms with van der Waals surface area (Å²) in [5.41, 5.74) is 1.48. The van der Waals surface area contributed by atoms with Crippen molar-refractivity contribution in [3.8, 4) is 5.75 Å². The van der Waals surface area contributed by atoms with Gasteiger partial charge in [0.05, 0.1) is 17.2 Å². The Balaban J connectivity index is 1.81. The third-order valence-electron chi connectivity index (χ3n) is 7.02. The summed E-state index contributed by atoms with van der Waals surface area (Å²) in [4.78, 5) is 29.2. The number of benzene rings is 4. The summed E-state index contributed by atoms with van der Waals surface area (Å²) in [5.74, 6) is -0.519. The first kappa shape index (κ1) is 34.3. The quantitative estimate of drug-likeness (QED) is 0.164. The third kappa shape index (κ3) is 8.58. The first-order valence-corrected chi connectivity index (χ1v) is 17.0. The molecule has 0 spiro atoms. The Hall–Kier alpha value is -3.57. The standard InChI is InChI=1S/C33H32BrCl2N3O5S/c1-3-44-26-16-14-25(15-17-26)39(45(42,43)27-18-12-24(34)13-19-27)22-32(40)38(21-28-29(35)10-7-11-30(28)36)31(33(41)37-2)20-23-8-5-4-6-9-23/h4-19,31H,3,20-22H2,1-2H3,(H,37,41)/t31-/m1/s1. The van der Waals surface area contributed by atoms with Crippen LogP contribution in [-0.2, 0) is 32.6 Å². The molecule has 0 aliphatic heterocycles. The minimum Gasteiger partial charge on any atom is -0.494 e. The van der Waals surface area contributed by atoms with Crippen LogP contribution in [0.3, 0.4) is 0 Å². The molecule has 0 heterocycles. The molecule has 8 nitrogen and oxygen atoms in total. The van der Waals surface area contributed by atoms with Crippen molar-refractivity contribution in [1.82, 2.24) is 10.2 Å². The fourth-order valence-electron chi connectivity index (χ4n) is 4.71. The minimum atomic E-state index is -4.25. The highest BCUT2D eigenvalue weighted by atomic mass is 79.9. The molecule has 0 saturated carbocycles. The summed E-state index contributed by atoms with van der Waals surface area (Å²) >= 11 is 16.4. The highest BCUT2D eigenvalue weighted by Crippen LogP contribution is 2.30. The summed E-state index contributed by atoms with van der Waals surface area (Å²) in [7, 11) is -2.77. The molecule has 0 fully saturated rings. The van der Waals surface area contributed by atoms with Crippen molar-refractivity contribution in [3.63, 3.8) is 0 Å². The molecule has 45 heavy (non-hydrogen) atoms. The molecule has 4 aromatic rings. The van der Waals surface area contributed by atoms with Crippen molar-refractivity contribution >= 4 is 66.7 Å². The van der Waals surface area contributed by atoms with E-state index in [0.717, 1.165) is 9.87 Å². The Bertz CT molecular complexity index is 1700. The molecular weight excluding hydrogens is 701 g/mol. The Kier molecular flexibility index (Phi) is 11.9. The summed E-state index contributed by atoms with van der Waals surface area (Å²) in [6.45, 7) is 1.52. The number of hydrogen-bond donors (Lipinski definition) is 1. The molecule has 4 aromatic carbocycles. The van der Waals surface area contributed by atoms with Crippen LogP contribution in [0.1, 0.15) is 18.1 Å². The zero-order valence-electron chi connectivity index (χ0n) is 24.6. The van der Waals surface area contributed by atoms with Gasteiger partial charge < -0.3 is 15.0 Å². The number of nitrogens with zero attached hydrogens (tertiary/aromatic N) is 2.